The standard InChI is InChI=1S/C10H15N/c1-8-3-5-10(6-4-8)7-9(2)11/h3-6,9H,7,11H2,1-2H3/t9-/m1/s1. The van der Waals surface area contributed by atoms with Crippen LogP contribution in [0.15, 0.2) is 24.3 Å². The topological polar surface area (TPSA) is 26.0 Å². The van der Waals surface area contributed by atoms with E-state index in [1.807, 2.05) is 6.92 Å². The molecule has 0 aliphatic heterocycles. The Hall–Kier alpha value is -0.820. The molecule has 60 valence electrons. The molecule has 1 atom stereocenters. The Morgan fingerprint density at radius 2 is 1.82 bits per heavy atom. The fourth-order valence-electron chi connectivity index (χ4n) is 1.10. The zero-order valence-corrected chi connectivity index (χ0v) is 7.17. The summed E-state index contributed by atoms with van der Waals surface area (Å²) in [6.45, 7) is 4.12. The van der Waals surface area contributed by atoms with Gasteiger partial charge in [-0.05, 0) is 25.8 Å². The second-order valence-corrected chi connectivity index (χ2v) is 3.17. The second kappa shape index (κ2) is 3.54. The molecule has 1 nitrogen and oxygen atoms in total. The first-order valence-electron chi connectivity index (χ1n) is 3.99. The van der Waals surface area contributed by atoms with Crippen LogP contribution in [0.1, 0.15) is 18.1 Å². The van der Waals surface area contributed by atoms with Crippen molar-refractivity contribution >= 4 is 0 Å². The monoisotopic (exact) mass is 149 g/mol. The number of hydrogen-bond acceptors (Lipinski definition) is 1. The lowest BCUT2D eigenvalue weighted by Gasteiger charge is -2.04. The number of benzene rings is 1. The van der Waals surface area contributed by atoms with E-state index in [9.17, 15) is 0 Å². The molecule has 0 heterocycles. The van der Waals surface area contributed by atoms with E-state index in [0.29, 0.717) is 0 Å². The van der Waals surface area contributed by atoms with Gasteiger partial charge in [0.25, 0.3) is 0 Å². The van der Waals surface area contributed by atoms with Crippen molar-refractivity contribution in [3.8, 4) is 0 Å². The van der Waals surface area contributed by atoms with Crippen molar-refractivity contribution in [1.29, 1.82) is 0 Å². The molecule has 0 saturated carbocycles. The Morgan fingerprint density at radius 3 is 2.27 bits per heavy atom. The molecular formula is C10H15N. The molecule has 0 aliphatic rings. The van der Waals surface area contributed by atoms with Gasteiger partial charge in [0.05, 0.1) is 0 Å². The Kier molecular flexibility index (Phi) is 2.66. The number of rotatable bonds is 2. The molecule has 0 fully saturated rings. The molecule has 2 N–H and O–H groups in total. The molecular weight excluding hydrogens is 134 g/mol. The molecule has 0 unspecified atom stereocenters. The molecule has 0 bridgehead atoms. The minimum atomic E-state index is 0.262. The lowest BCUT2D eigenvalue weighted by molar-refractivity contribution is 0.738. The van der Waals surface area contributed by atoms with Crippen LogP contribution in [0.5, 0.6) is 0 Å². The van der Waals surface area contributed by atoms with Crippen molar-refractivity contribution in [3.05, 3.63) is 35.4 Å². The third-order valence-corrected chi connectivity index (χ3v) is 1.68. The van der Waals surface area contributed by atoms with Crippen LogP contribution in [0, 0.1) is 6.92 Å². The quantitative estimate of drug-likeness (QED) is 0.682. The van der Waals surface area contributed by atoms with E-state index in [1.165, 1.54) is 11.1 Å². The van der Waals surface area contributed by atoms with Crippen LogP contribution in [-0.2, 0) is 6.42 Å². The average molecular weight is 149 g/mol. The minimum absolute atomic E-state index is 0.262. The van der Waals surface area contributed by atoms with Crippen LogP contribution < -0.4 is 5.73 Å². The molecule has 0 aliphatic carbocycles. The molecule has 0 spiro atoms. The van der Waals surface area contributed by atoms with Crippen molar-refractivity contribution in [3.63, 3.8) is 0 Å². The summed E-state index contributed by atoms with van der Waals surface area (Å²) < 4.78 is 0. The molecule has 0 saturated heterocycles. The van der Waals surface area contributed by atoms with E-state index < -0.39 is 0 Å². The SMILES string of the molecule is Cc1ccc(C[C@@H](C)N)cc1. The van der Waals surface area contributed by atoms with E-state index in [0.717, 1.165) is 6.42 Å². The first-order chi connectivity index (χ1) is 5.18. The molecule has 1 aromatic rings. The van der Waals surface area contributed by atoms with E-state index in [2.05, 4.69) is 31.2 Å². The van der Waals surface area contributed by atoms with Crippen LogP contribution in [0.4, 0.5) is 0 Å². The Balaban J connectivity index is 2.66. The van der Waals surface area contributed by atoms with Crippen LogP contribution in [0.25, 0.3) is 0 Å². The normalized spacial score (nSPS) is 13.0. The van der Waals surface area contributed by atoms with Crippen molar-refractivity contribution in [1.82, 2.24) is 0 Å². The van der Waals surface area contributed by atoms with Crippen molar-refractivity contribution in [2.75, 3.05) is 0 Å². The first kappa shape index (κ1) is 8.28. The van der Waals surface area contributed by atoms with Gasteiger partial charge in [0.15, 0.2) is 0 Å². The molecule has 1 aromatic carbocycles. The zero-order chi connectivity index (χ0) is 8.27. The molecule has 0 radical (unpaired) electrons. The van der Waals surface area contributed by atoms with Gasteiger partial charge in [0, 0.05) is 6.04 Å². The summed E-state index contributed by atoms with van der Waals surface area (Å²) in [5.74, 6) is 0. The van der Waals surface area contributed by atoms with Gasteiger partial charge in [-0.2, -0.15) is 0 Å². The first-order valence-corrected chi connectivity index (χ1v) is 3.99. The van der Waals surface area contributed by atoms with Crippen molar-refractivity contribution < 1.29 is 0 Å². The molecule has 1 rings (SSSR count). The highest BCUT2D eigenvalue weighted by molar-refractivity contribution is 5.21. The predicted octanol–water partition coefficient (Wildman–Crippen LogP) is 1.88. The predicted molar refractivity (Wildman–Crippen MR) is 48.5 cm³/mol. The van der Waals surface area contributed by atoms with Gasteiger partial charge in [-0.3, -0.25) is 0 Å². The van der Waals surface area contributed by atoms with E-state index >= 15 is 0 Å². The maximum absolute atomic E-state index is 5.66. The van der Waals surface area contributed by atoms with E-state index in [-0.39, 0.29) is 6.04 Å². The third kappa shape index (κ3) is 2.72. The fraction of sp³-hybridized carbons (Fsp3) is 0.400. The van der Waals surface area contributed by atoms with Gasteiger partial charge < -0.3 is 5.73 Å². The lowest BCUT2D eigenvalue weighted by Crippen LogP contribution is -2.17. The number of hydrogen-bond donors (Lipinski definition) is 1. The second-order valence-electron chi connectivity index (χ2n) is 3.17. The smallest absolute Gasteiger partial charge is 0.00509 e. The highest BCUT2D eigenvalue weighted by Gasteiger charge is 1.95. The summed E-state index contributed by atoms with van der Waals surface area (Å²) in [5, 5.41) is 0. The number of nitrogens with two attached hydrogens (primary N) is 1. The van der Waals surface area contributed by atoms with Gasteiger partial charge in [0.2, 0.25) is 0 Å². The van der Waals surface area contributed by atoms with Gasteiger partial charge in [-0.25, -0.2) is 0 Å². The molecule has 0 amide bonds. The summed E-state index contributed by atoms with van der Waals surface area (Å²) in [6.07, 6.45) is 0.972. The summed E-state index contributed by atoms with van der Waals surface area (Å²) >= 11 is 0. The van der Waals surface area contributed by atoms with Crippen molar-refractivity contribution in [2.24, 2.45) is 5.73 Å². The third-order valence-electron chi connectivity index (χ3n) is 1.68. The van der Waals surface area contributed by atoms with Crippen molar-refractivity contribution in [2.45, 2.75) is 26.3 Å². The zero-order valence-electron chi connectivity index (χ0n) is 7.17. The van der Waals surface area contributed by atoms with Crippen LogP contribution in [0.2, 0.25) is 0 Å². The van der Waals surface area contributed by atoms with Crippen LogP contribution >= 0.6 is 0 Å². The number of aryl methyl sites for hydroxylation is 1. The fourth-order valence-corrected chi connectivity index (χ4v) is 1.10. The molecule has 11 heavy (non-hydrogen) atoms. The Bertz CT molecular complexity index is 211. The van der Waals surface area contributed by atoms with Gasteiger partial charge in [0.1, 0.15) is 0 Å². The van der Waals surface area contributed by atoms with Crippen LogP contribution in [-0.4, -0.2) is 6.04 Å². The molecule has 1 heteroatoms. The van der Waals surface area contributed by atoms with Gasteiger partial charge in [-0.1, -0.05) is 29.8 Å². The lowest BCUT2D eigenvalue weighted by atomic mass is 10.1. The summed E-state index contributed by atoms with van der Waals surface area (Å²) in [7, 11) is 0. The Labute approximate surface area is 68.2 Å². The van der Waals surface area contributed by atoms with Gasteiger partial charge in [-0.15, -0.1) is 0 Å². The van der Waals surface area contributed by atoms with Gasteiger partial charge >= 0.3 is 0 Å². The Morgan fingerprint density at radius 1 is 1.27 bits per heavy atom. The molecule has 0 aromatic heterocycles. The maximum atomic E-state index is 5.66. The largest absolute Gasteiger partial charge is 0.328 e. The summed E-state index contributed by atoms with van der Waals surface area (Å²) in [6, 6.07) is 8.78. The van der Waals surface area contributed by atoms with Crippen LogP contribution in [0.3, 0.4) is 0 Å². The summed E-state index contributed by atoms with van der Waals surface area (Å²) in [4.78, 5) is 0. The highest BCUT2D eigenvalue weighted by Crippen LogP contribution is 2.04. The van der Waals surface area contributed by atoms with E-state index in [1.54, 1.807) is 0 Å². The van der Waals surface area contributed by atoms with E-state index in [4.69, 9.17) is 5.73 Å². The summed E-state index contributed by atoms with van der Waals surface area (Å²) in [5.41, 5.74) is 8.29. The minimum Gasteiger partial charge on any atom is -0.328 e. The maximum Gasteiger partial charge on any atom is 0.00509 e. The highest BCUT2D eigenvalue weighted by atomic mass is 14.6. The average Bonchev–Trinajstić information content (AvgIpc) is 1.93.